The van der Waals surface area contributed by atoms with E-state index >= 15 is 0 Å². The van der Waals surface area contributed by atoms with Crippen LogP contribution in [0.4, 0.5) is 0 Å². The Balaban J connectivity index is 2.14. The summed E-state index contributed by atoms with van der Waals surface area (Å²) in [4.78, 5) is 13.3. The lowest BCUT2D eigenvalue weighted by molar-refractivity contribution is 0.0691. The van der Waals surface area contributed by atoms with Crippen molar-refractivity contribution in [2.45, 2.75) is 33.0 Å². The largest absolute Gasteiger partial charge is 0.478 e. The number of rotatable bonds is 6. The van der Waals surface area contributed by atoms with Crippen molar-refractivity contribution in [1.82, 2.24) is 4.90 Å². The van der Waals surface area contributed by atoms with E-state index in [-0.39, 0.29) is 5.56 Å². The molecule has 0 aliphatic rings. The summed E-state index contributed by atoms with van der Waals surface area (Å²) in [5.41, 5.74) is 1.44. The molecular weight excluding hydrogens is 254 g/mol. The molecule has 0 unspecified atom stereocenters. The highest BCUT2D eigenvalue weighted by atomic mass is 16.4. The van der Waals surface area contributed by atoms with E-state index in [0.717, 1.165) is 6.54 Å². The van der Waals surface area contributed by atoms with Gasteiger partial charge in [-0.05, 0) is 25.5 Å². The van der Waals surface area contributed by atoms with Crippen LogP contribution >= 0.6 is 0 Å². The highest BCUT2D eigenvalue weighted by molar-refractivity contribution is 5.88. The van der Waals surface area contributed by atoms with Gasteiger partial charge in [0.05, 0.1) is 12.8 Å². The lowest BCUT2D eigenvalue weighted by Gasteiger charge is -2.25. The van der Waals surface area contributed by atoms with Crippen LogP contribution in [0.3, 0.4) is 0 Å². The van der Waals surface area contributed by atoms with E-state index in [1.807, 2.05) is 18.2 Å². The summed E-state index contributed by atoms with van der Waals surface area (Å²) < 4.78 is 5.32. The van der Waals surface area contributed by atoms with Gasteiger partial charge in [-0.15, -0.1) is 0 Å². The lowest BCUT2D eigenvalue weighted by atomic mass is 10.1. The van der Waals surface area contributed by atoms with Gasteiger partial charge in [-0.25, -0.2) is 4.79 Å². The molecule has 2 rings (SSSR count). The first-order valence-electron chi connectivity index (χ1n) is 6.65. The number of furan rings is 1. The second-order valence-electron chi connectivity index (χ2n) is 5.05. The summed E-state index contributed by atoms with van der Waals surface area (Å²) >= 11 is 0. The molecule has 0 bridgehead atoms. The third-order valence-corrected chi connectivity index (χ3v) is 3.28. The Morgan fingerprint density at radius 3 is 2.50 bits per heavy atom. The maximum absolute atomic E-state index is 11.1. The number of carboxylic acid groups (broad SMARTS) is 1. The minimum Gasteiger partial charge on any atom is -0.478 e. The SMILES string of the molecule is CC(C)N(Cc1ccccc1)Cc1occc1C(=O)O. The van der Waals surface area contributed by atoms with Crippen molar-refractivity contribution in [2.75, 3.05) is 0 Å². The molecule has 20 heavy (non-hydrogen) atoms. The predicted octanol–water partition coefficient (Wildman–Crippen LogP) is 3.39. The Morgan fingerprint density at radius 1 is 1.20 bits per heavy atom. The van der Waals surface area contributed by atoms with Gasteiger partial charge in [0.15, 0.2) is 0 Å². The lowest BCUT2D eigenvalue weighted by Crippen LogP contribution is -2.30. The van der Waals surface area contributed by atoms with E-state index < -0.39 is 5.97 Å². The van der Waals surface area contributed by atoms with Crippen molar-refractivity contribution in [3.8, 4) is 0 Å². The van der Waals surface area contributed by atoms with Crippen LogP contribution in [-0.2, 0) is 13.1 Å². The molecule has 2 aromatic rings. The third-order valence-electron chi connectivity index (χ3n) is 3.28. The molecule has 0 saturated carbocycles. The van der Waals surface area contributed by atoms with Gasteiger partial charge in [-0.2, -0.15) is 0 Å². The fraction of sp³-hybridized carbons (Fsp3) is 0.312. The van der Waals surface area contributed by atoms with Gasteiger partial charge in [0.1, 0.15) is 11.3 Å². The quantitative estimate of drug-likeness (QED) is 0.876. The second kappa shape index (κ2) is 6.39. The number of hydrogen-bond donors (Lipinski definition) is 1. The van der Waals surface area contributed by atoms with E-state index in [0.29, 0.717) is 18.3 Å². The van der Waals surface area contributed by atoms with E-state index in [1.54, 1.807) is 0 Å². The molecule has 1 N–H and O–H groups in total. The molecule has 0 fully saturated rings. The van der Waals surface area contributed by atoms with Crippen LogP contribution in [0.1, 0.15) is 35.5 Å². The monoisotopic (exact) mass is 273 g/mol. The summed E-state index contributed by atoms with van der Waals surface area (Å²) in [5.74, 6) is -0.445. The molecule has 0 radical (unpaired) electrons. The van der Waals surface area contributed by atoms with Crippen LogP contribution in [0.15, 0.2) is 47.1 Å². The summed E-state index contributed by atoms with van der Waals surface area (Å²) in [6, 6.07) is 11.9. The Hall–Kier alpha value is -2.07. The molecule has 4 heteroatoms. The van der Waals surface area contributed by atoms with Gasteiger partial charge < -0.3 is 9.52 Å². The van der Waals surface area contributed by atoms with Crippen LogP contribution in [0.5, 0.6) is 0 Å². The van der Waals surface area contributed by atoms with Crippen molar-refractivity contribution in [2.24, 2.45) is 0 Å². The van der Waals surface area contributed by atoms with Gasteiger partial charge >= 0.3 is 5.97 Å². The summed E-state index contributed by atoms with van der Waals surface area (Å²) in [6.45, 7) is 5.43. The standard InChI is InChI=1S/C16H19NO3/c1-12(2)17(10-13-6-4-3-5-7-13)11-15-14(16(18)19)8-9-20-15/h3-9,12H,10-11H2,1-2H3,(H,18,19). The maximum atomic E-state index is 11.1. The molecule has 0 saturated heterocycles. The number of carboxylic acids is 1. The third kappa shape index (κ3) is 3.48. The molecule has 0 atom stereocenters. The molecule has 106 valence electrons. The minimum absolute atomic E-state index is 0.240. The summed E-state index contributed by atoms with van der Waals surface area (Å²) in [7, 11) is 0. The van der Waals surface area contributed by atoms with Gasteiger partial charge in [0, 0.05) is 12.6 Å². The highest BCUT2D eigenvalue weighted by Crippen LogP contribution is 2.17. The first kappa shape index (κ1) is 14.3. The smallest absolute Gasteiger partial charge is 0.339 e. The van der Waals surface area contributed by atoms with E-state index in [1.165, 1.54) is 17.9 Å². The van der Waals surface area contributed by atoms with E-state index in [4.69, 9.17) is 9.52 Å². The van der Waals surface area contributed by atoms with Crippen LogP contribution < -0.4 is 0 Å². The number of nitrogens with zero attached hydrogens (tertiary/aromatic N) is 1. The fourth-order valence-electron chi connectivity index (χ4n) is 2.08. The zero-order chi connectivity index (χ0) is 14.5. The number of benzene rings is 1. The molecule has 0 amide bonds. The zero-order valence-corrected chi connectivity index (χ0v) is 11.7. The topological polar surface area (TPSA) is 53.7 Å². The number of hydrogen-bond acceptors (Lipinski definition) is 3. The first-order valence-corrected chi connectivity index (χ1v) is 6.65. The number of carbonyl (C=O) groups is 1. The fourth-order valence-corrected chi connectivity index (χ4v) is 2.08. The van der Waals surface area contributed by atoms with Crippen molar-refractivity contribution in [1.29, 1.82) is 0 Å². The average molecular weight is 273 g/mol. The van der Waals surface area contributed by atoms with Crippen molar-refractivity contribution in [3.05, 3.63) is 59.5 Å². The Morgan fingerprint density at radius 2 is 1.90 bits per heavy atom. The molecule has 1 aromatic heterocycles. The van der Waals surface area contributed by atoms with Crippen LogP contribution in [0, 0.1) is 0 Å². The molecule has 4 nitrogen and oxygen atoms in total. The normalized spacial score (nSPS) is 11.2. The molecule has 0 aliphatic heterocycles. The van der Waals surface area contributed by atoms with Gasteiger partial charge in [-0.1, -0.05) is 30.3 Å². The predicted molar refractivity (Wildman–Crippen MR) is 76.5 cm³/mol. The molecule has 1 aromatic carbocycles. The maximum Gasteiger partial charge on any atom is 0.339 e. The second-order valence-corrected chi connectivity index (χ2v) is 5.05. The average Bonchev–Trinajstić information content (AvgIpc) is 2.87. The highest BCUT2D eigenvalue weighted by Gasteiger charge is 2.18. The zero-order valence-electron chi connectivity index (χ0n) is 11.7. The van der Waals surface area contributed by atoms with Crippen molar-refractivity contribution < 1.29 is 14.3 Å². The summed E-state index contributed by atoms with van der Waals surface area (Å²) in [6.07, 6.45) is 1.43. The molecule has 0 aliphatic carbocycles. The van der Waals surface area contributed by atoms with Gasteiger partial charge in [0.25, 0.3) is 0 Å². The van der Waals surface area contributed by atoms with Crippen LogP contribution in [0.2, 0.25) is 0 Å². The Kier molecular flexibility index (Phi) is 4.58. The summed E-state index contributed by atoms with van der Waals surface area (Å²) in [5, 5.41) is 9.12. The van der Waals surface area contributed by atoms with E-state index in [2.05, 4.69) is 30.9 Å². The van der Waals surface area contributed by atoms with Crippen molar-refractivity contribution >= 4 is 5.97 Å². The first-order chi connectivity index (χ1) is 9.58. The van der Waals surface area contributed by atoms with Gasteiger partial charge in [0.2, 0.25) is 0 Å². The molecule has 1 heterocycles. The number of aromatic carboxylic acids is 1. The molecule has 0 spiro atoms. The Bertz CT molecular complexity index is 560. The van der Waals surface area contributed by atoms with E-state index in [9.17, 15) is 4.79 Å². The minimum atomic E-state index is -0.947. The van der Waals surface area contributed by atoms with Crippen molar-refractivity contribution in [3.63, 3.8) is 0 Å². The Labute approximate surface area is 118 Å². The van der Waals surface area contributed by atoms with Crippen LogP contribution in [0.25, 0.3) is 0 Å². The molecular formula is C16H19NO3. The van der Waals surface area contributed by atoms with Gasteiger partial charge in [-0.3, -0.25) is 4.90 Å². The van der Waals surface area contributed by atoms with Crippen LogP contribution in [-0.4, -0.2) is 22.0 Å².